The molecule has 1 aromatic carbocycles. The Hall–Kier alpha value is -0.0800. The number of rotatable bonds is 6. The van der Waals surface area contributed by atoms with Gasteiger partial charge in [-0.15, -0.1) is 0 Å². The first kappa shape index (κ1) is 28.9. The summed E-state index contributed by atoms with van der Waals surface area (Å²) in [7, 11) is -9.79. The second kappa shape index (κ2) is 9.83. The normalized spacial score (nSPS) is 31.3. The topological polar surface area (TPSA) is 160 Å². The number of fused-ring (bicyclic) bond motifs is 1. The fraction of sp³-hybridized carbons (Fsp3) is 0.529. The fourth-order valence-corrected chi connectivity index (χ4v) is 9.07. The summed E-state index contributed by atoms with van der Waals surface area (Å²) in [6, 6.07) is 3.29. The minimum Gasteiger partial charge on any atom is -0.453 e. The fourth-order valence-electron chi connectivity index (χ4n) is 4.23. The maximum absolute atomic E-state index is 13.3. The molecule has 0 amide bonds. The van der Waals surface area contributed by atoms with Gasteiger partial charge in [-0.3, -0.25) is 13.5 Å². The van der Waals surface area contributed by atoms with Gasteiger partial charge in [-0.1, -0.05) is 0 Å². The Morgan fingerprint density at radius 1 is 1.14 bits per heavy atom. The largest absolute Gasteiger partial charge is 0.453 e. The van der Waals surface area contributed by atoms with E-state index < -0.39 is 85.8 Å². The van der Waals surface area contributed by atoms with E-state index in [1.807, 2.05) is 67.8 Å². The second-order valence-corrected chi connectivity index (χ2v) is 14.7. The number of alkyl halides is 3. The molecule has 3 aliphatic rings. The van der Waals surface area contributed by atoms with Crippen LogP contribution in [0.1, 0.15) is 10.4 Å². The lowest BCUT2D eigenvalue weighted by Gasteiger charge is -2.29. The number of hydrogen-bond donors (Lipinski definition) is 1. The van der Waals surface area contributed by atoms with Crippen LogP contribution in [0.5, 0.6) is 0 Å². The molecule has 2 bridgehead atoms. The molecule has 7 unspecified atom stereocenters. The summed E-state index contributed by atoms with van der Waals surface area (Å²) in [6.07, 6.45) is -14.4. The van der Waals surface area contributed by atoms with E-state index in [0.29, 0.717) is 7.14 Å². The van der Waals surface area contributed by atoms with Gasteiger partial charge in [0.15, 0.2) is 6.10 Å². The zero-order chi connectivity index (χ0) is 27.0. The molecule has 0 aliphatic carbocycles. The van der Waals surface area contributed by atoms with E-state index in [-0.39, 0.29) is 5.56 Å². The average molecular weight is 894 g/mol. The van der Waals surface area contributed by atoms with Crippen molar-refractivity contribution in [1.82, 2.24) is 0 Å². The number of benzene rings is 1. The van der Waals surface area contributed by atoms with Crippen molar-refractivity contribution in [2.24, 2.45) is 5.92 Å². The first-order valence-corrected chi connectivity index (χ1v) is 15.9. The van der Waals surface area contributed by atoms with Crippen LogP contribution in [0.25, 0.3) is 0 Å². The van der Waals surface area contributed by atoms with Crippen LogP contribution in [0.15, 0.2) is 12.1 Å². The first-order chi connectivity index (χ1) is 16.4. The van der Waals surface area contributed by atoms with E-state index in [2.05, 4.69) is 4.74 Å². The van der Waals surface area contributed by atoms with Crippen molar-refractivity contribution < 1.29 is 62.5 Å². The smallest absolute Gasteiger partial charge is 0.426 e. The predicted octanol–water partition coefficient (Wildman–Crippen LogP) is 1.88. The van der Waals surface area contributed by atoms with Crippen LogP contribution in [0.2, 0.25) is 0 Å². The number of halogens is 6. The van der Waals surface area contributed by atoms with Gasteiger partial charge in [-0.25, -0.2) is 4.79 Å². The van der Waals surface area contributed by atoms with E-state index >= 15 is 0 Å². The Kier molecular flexibility index (Phi) is 7.90. The third-order valence-electron chi connectivity index (χ3n) is 5.61. The molecule has 4 rings (SSSR count). The summed E-state index contributed by atoms with van der Waals surface area (Å²) in [5, 5.41) is -1.76. The summed E-state index contributed by atoms with van der Waals surface area (Å²) in [5.74, 6) is -6.58. The second-order valence-electron chi connectivity index (χ2n) is 7.94. The van der Waals surface area contributed by atoms with Crippen molar-refractivity contribution in [3.8, 4) is 0 Å². The zero-order valence-corrected chi connectivity index (χ0v) is 25.1. The molecule has 3 aliphatic heterocycles. The number of carbonyl (C=O) groups excluding carboxylic acids is 2. The Balaban J connectivity index is 1.63. The van der Waals surface area contributed by atoms with E-state index in [1.165, 1.54) is 6.07 Å². The van der Waals surface area contributed by atoms with E-state index in [1.54, 1.807) is 6.07 Å². The lowest BCUT2D eigenvalue weighted by atomic mass is 9.84. The van der Waals surface area contributed by atoms with Gasteiger partial charge < -0.3 is 14.2 Å². The number of esters is 2. The van der Waals surface area contributed by atoms with Crippen molar-refractivity contribution >= 4 is 99.9 Å². The highest BCUT2D eigenvalue weighted by molar-refractivity contribution is 14.1. The van der Waals surface area contributed by atoms with Crippen LogP contribution >= 0.6 is 67.8 Å². The van der Waals surface area contributed by atoms with Gasteiger partial charge >= 0.3 is 18.1 Å². The van der Waals surface area contributed by atoms with Crippen molar-refractivity contribution in [2.75, 3.05) is 5.75 Å². The van der Waals surface area contributed by atoms with Gasteiger partial charge in [0.05, 0.1) is 5.56 Å². The molecule has 7 atom stereocenters. The van der Waals surface area contributed by atoms with Crippen LogP contribution < -0.4 is 0 Å². The highest BCUT2D eigenvalue weighted by Gasteiger charge is 2.74. The molecule has 3 heterocycles. The summed E-state index contributed by atoms with van der Waals surface area (Å²) in [5.41, 5.74) is 0.122. The summed E-state index contributed by atoms with van der Waals surface area (Å²) in [4.78, 5) is 25.7. The first-order valence-electron chi connectivity index (χ1n) is 9.56. The molecule has 11 nitrogen and oxygen atoms in total. The summed E-state index contributed by atoms with van der Waals surface area (Å²) < 4.78 is 118. The van der Waals surface area contributed by atoms with Crippen LogP contribution in [0, 0.1) is 16.6 Å². The minimum atomic E-state index is -5.40. The van der Waals surface area contributed by atoms with Gasteiger partial charge in [-0.05, 0) is 79.9 Å². The van der Waals surface area contributed by atoms with E-state index in [4.69, 9.17) is 18.2 Å². The van der Waals surface area contributed by atoms with E-state index in [9.17, 15) is 39.6 Å². The SMILES string of the molecule is O=C(OC1C2OS(=O)(=O)C3C2OC1C3C(=O)OC(CS(=O)(=O)O)C(F)(F)F)c1cc(I)cc(I)c1I. The van der Waals surface area contributed by atoms with Crippen LogP contribution in [0.4, 0.5) is 13.2 Å². The Morgan fingerprint density at radius 2 is 1.78 bits per heavy atom. The highest BCUT2D eigenvalue weighted by atomic mass is 127. The maximum Gasteiger partial charge on any atom is 0.426 e. The monoisotopic (exact) mass is 894 g/mol. The zero-order valence-electron chi connectivity index (χ0n) is 17.0. The molecule has 3 fully saturated rings. The van der Waals surface area contributed by atoms with Gasteiger partial charge in [0.2, 0.25) is 6.10 Å². The highest BCUT2D eigenvalue weighted by Crippen LogP contribution is 2.52. The molecule has 3 saturated heterocycles. The van der Waals surface area contributed by atoms with Gasteiger partial charge in [-0.2, -0.15) is 30.0 Å². The Labute approximate surface area is 242 Å². The lowest BCUT2D eigenvalue weighted by Crippen LogP contribution is -2.51. The quantitative estimate of drug-likeness (QED) is 0.146. The predicted molar refractivity (Wildman–Crippen MR) is 136 cm³/mol. The van der Waals surface area contributed by atoms with Gasteiger partial charge in [0.25, 0.3) is 20.2 Å². The Morgan fingerprint density at radius 3 is 2.36 bits per heavy atom. The molecular formula is C17H12F3I3O11S2. The summed E-state index contributed by atoms with van der Waals surface area (Å²) in [6.45, 7) is 0. The molecule has 1 aromatic rings. The van der Waals surface area contributed by atoms with Crippen molar-refractivity contribution in [3.63, 3.8) is 0 Å². The number of hydrogen-bond acceptors (Lipinski definition) is 10. The van der Waals surface area contributed by atoms with Crippen molar-refractivity contribution in [2.45, 2.75) is 41.9 Å². The number of ether oxygens (including phenoxy) is 3. The Bertz CT molecular complexity index is 1340. The third-order valence-corrected chi connectivity index (χ3v) is 11.7. The van der Waals surface area contributed by atoms with Crippen molar-refractivity contribution in [3.05, 3.63) is 28.4 Å². The number of carbonyl (C=O) groups is 2. The molecule has 0 aromatic heterocycles. The van der Waals surface area contributed by atoms with Crippen LogP contribution in [0.3, 0.4) is 0 Å². The maximum atomic E-state index is 13.3. The van der Waals surface area contributed by atoms with Gasteiger partial charge in [0.1, 0.15) is 35.2 Å². The van der Waals surface area contributed by atoms with Crippen molar-refractivity contribution in [1.29, 1.82) is 0 Å². The summed E-state index contributed by atoms with van der Waals surface area (Å²) >= 11 is 5.86. The van der Waals surface area contributed by atoms with Gasteiger partial charge in [0, 0.05) is 10.7 Å². The molecule has 200 valence electrons. The molecule has 0 radical (unpaired) electrons. The third kappa shape index (κ3) is 5.48. The molecule has 0 spiro atoms. The molecule has 19 heteroatoms. The minimum absolute atomic E-state index is 0.122. The van der Waals surface area contributed by atoms with Crippen LogP contribution in [-0.4, -0.2) is 81.0 Å². The molecule has 0 saturated carbocycles. The van der Waals surface area contributed by atoms with E-state index in [0.717, 1.165) is 3.57 Å². The molecule has 1 N–H and O–H groups in total. The standard InChI is InChI=1S/C17H12F3I3O11S2/c18-17(19,20)7(3-35(26,27)28)31-16(25)8-10-11(12-13(32-10)14(8)36(29,30)34-12)33-15(24)5-1-4(21)2-6(22)9(5)23/h1-2,7-8,10-14H,3H2,(H,26,27,28). The molecule has 36 heavy (non-hydrogen) atoms. The lowest BCUT2D eigenvalue weighted by molar-refractivity contribution is -0.218. The molecular weight excluding hydrogens is 882 g/mol. The average Bonchev–Trinajstić information content (AvgIpc) is 3.31. The van der Waals surface area contributed by atoms with Crippen LogP contribution in [-0.2, 0) is 43.4 Å².